The summed E-state index contributed by atoms with van der Waals surface area (Å²) < 4.78 is 4.93. The van der Waals surface area contributed by atoms with Crippen molar-refractivity contribution < 1.29 is 32.7 Å². The van der Waals surface area contributed by atoms with Gasteiger partial charge in [0.15, 0.2) is 11.5 Å². The Labute approximate surface area is 263 Å². The van der Waals surface area contributed by atoms with E-state index in [1.165, 1.54) is 10.8 Å². The first kappa shape index (κ1) is 35.6. The van der Waals surface area contributed by atoms with Crippen molar-refractivity contribution in [3.63, 3.8) is 0 Å². The van der Waals surface area contributed by atoms with Gasteiger partial charge in [0.25, 0.3) is 0 Å². The van der Waals surface area contributed by atoms with Crippen LogP contribution in [0.3, 0.4) is 0 Å². The van der Waals surface area contributed by atoms with Crippen LogP contribution in [0.2, 0.25) is 0 Å². The molecule has 41 heavy (non-hydrogen) atoms. The smallest absolute Gasteiger partial charge is 0.349 e. The molecule has 0 aromatic carbocycles. The van der Waals surface area contributed by atoms with Crippen LogP contribution in [0.15, 0.2) is 33.1 Å². The molecular formula is C26H40N11O3Y-. The Morgan fingerprint density at radius 3 is 1.80 bits per heavy atom. The summed E-state index contributed by atoms with van der Waals surface area (Å²) in [6.07, 6.45) is 4.82. The van der Waals surface area contributed by atoms with Gasteiger partial charge in [-0.25, -0.2) is 14.6 Å². The Bertz CT molecular complexity index is 1660. The zero-order chi connectivity index (χ0) is 30.8. The Morgan fingerprint density at radius 2 is 1.32 bits per heavy atom. The standard InChI is InChI=1S/C9H14N6.C9H15N3O.C8H11N2O2.Y/c1-9(2,3)15-4-12-5-6(10)13-8(11)14-7(5)15;1-6-5-12(9(2,3)4)8(13)11-7(6)10;1-8(2,3)10-5-4-6(11)9-7(10)12;/h4H,1-3H3,(H4,10,11,13,14);5H,1-4H3,(H2,10,11,13);5H,1-3H3,(H,9,11,12);/q;;-1;. The number of hydrogen-bond donors (Lipinski definition) is 4. The monoisotopic (exact) mass is 643 g/mol. The van der Waals surface area contributed by atoms with E-state index in [0.717, 1.165) is 5.56 Å². The molecule has 14 nitrogen and oxygen atoms in total. The number of rotatable bonds is 0. The first-order valence-electron chi connectivity index (χ1n) is 12.5. The number of fused-ring (bicyclic) bond motifs is 1. The largest absolute Gasteiger partial charge is 0.387 e. The number of nitrogen functional groups attached to an aromatic ring is 3. The summed E-state index contributed by atoms with van der Waals surface area (Å²) >= 11 is 0. The van der Waals surface area contributed by atoms with Crippen LogP contribution in [0.25, 0.3) is 11.2 Å². The van der Waals surface area contributed by atoms with E-state index in [2.05, 4.69) is 51.8 Å². The summed E-state index contributed by atoms with van der Waals surface area (Å²) in [4.78, 5) is 51.3. The molecule has 0 unspecified atom stereocenters. The summed E-state index contributed by atoms with van der Waals surface area (Å²) in [6.45, 7) is 19.5. The number of imidazole rings is 1. The maximum atomic E-state index is 11.4. The molecule has 0 atom stereocenters. The zero-order valence-corrected chi connectivity index (χ0v) is 28.2. The summed E-state index contributed by atoms with van der Waals surface area (Å²) in [7, 11) is 0. The van der Waals surface area contributed by atoms with E-state index in [9.17, 15) is 14.4 Å². The summed E-state index contributed by atoms with van der Waals surface area (Å²) in [5.41, 5.74) is 17.0. The van der Waals surface area contributed by atoms with E-state index in [1.807, 2.05) is 53.0 Å². The number of aromatic nitrogens is 8. The number of hydrogen-bond acceptors (Lipinski definition) is 10. The Balaban J connectivity index is 0.000000306. The maximum Gasteiger partial charge on any atom is 0.349 e. The van der Waals surface area contributed by atoms with Crippen LogP contribution in [0, 0.1) is 13.0 Å². The van der Waals surface area contributed by atoms with Gasteiger partial charge in [-0.2, -0.15) is 21.1 Å². The van der Waals surface area contributed by atoms with Crippen LogP contribution in [-0.4, -0.2) is 38.6 Å². The van der Waals surface area contributed by atoms with Crippen molar-refractivity contribution in [2.24, 2.45) is 0 Å². The fourth-order valence-corrected chi connectivity index (χ4v) is 3.34. The van der Waals surface area contributed by atoms with Gasteiger partial charge < -0.3 is 42.2 Å². The quantitative estimate of drug-likeness (QED) is 0.204. The van der Waals surface area contributed by atoms with Crippen LogP contribution < -0.4 is 34.1 Å². The van der Waals surface area contributed by atoms with Crippen molar-refractivity contribution in [2.75, 3.05) is 17.2 Å². The topological polar surface area (TPSA) is 211 Å². The maximum absolute atomic E-state index is 11.4. The minimum atomic E-state index is -0.486. The fourth-order valence-electron chi connectivity index (χ4n) is 3.34. The van der Waals surface area contributed by atoms with E-state index in [0.29, 0.717) is 22.8 Å². The molecular weight excluding hydrogens is 603 g/mol. The number of nitrogens with one attached hydrogen (secondary N) is 1. The van der Waals surface area contributed by atoms with Crippen LogP contribution >= 0.6 is 0 Å². The molecule has 15 heteroatoms. The second-order valence-electron chi connectivity index (χ2n) is 12.1. The van der Waals surface area contributed by atoms with Gasteiger partial charge in [-0.15, -0.1) is 0 Å². The molecule has 0 spiro atoms. The van der Waals surface area contributed by atoms with E-state index < -0.39 is 11.2 Å². The second-order valence-corrected chi connectivity index (χ2v) is 12.1. The van der Waals surface area contributed by atoms with E-state index >= 15 is 0 Å². The number of H-pyrrole nitrogens is 1. The van der Waals surface area contributed by atoms with Crippen molar-refractivity contribution in [3.05, 3.63) is 61.7 Å². The van der Waals surface area contributed by atoms with Gasteiger partial charge in [0.05, 0.1) is 11.9 Å². The summed E-state index contributed by atoms with van der Waals surface area (Å²) in [5.74, 6) is 0.803. The molecule has 4 aromatic rings. The molecule has 0 fully saturated rings. The second kappa shape index (κ2) is 13.1. The molecule has 4 aromatic heterocycles. The minimum absolute atomic E-state index is 0. The number of nitrogens with zero attached hydrogens (tertiary/aromatic N) is 7. The van der Waals surface area contributed by atoms with Crippen molar-refractivity contribution in [2.45, 2.75) is 85.9 Å². The SMILES string of the molecule is CC(C)(C)n1c[c-]c(=O)[nH]c1=O.CC(C)(C)n1cnc2c(N)nc(N)nc21.Cc1cn(C(C)(C)C)c(=O)nc1N.[Y]. The first-order chi connectivity index (χ1) is 18.1. The molecule has 1 radical (unpaired) electrons. The Hall–Kier alpha value is -3.39. The van der Waals surface area contributed by atoms with Crippen LogP contribution in [-0.2, 0) is 49.3 Å². The molecule has 0 saturated carbocycles. The van der Waals surface area contributed by atoms with Gasteiger partial charge in [0.2, 0.25) is 5.95 Å². The third-order valence-electron chi connectivity index (χ3n) is 5.52. The number of aryl methyl sites for hydroxylation is 1. The van der Waals surface area contributed by atoms with Crippen molar-refractivity contribution in [1.82, 2.24) is 38.6 Å². The van der Waals surface area contributed by atoms with Crippen LogP contribution in [0.4, 0.5) is 17.6 Å². The number of anilines is 3. The molecule has 0 aliphatic rings. The molecule has 221 valence electrons. The van der Waals surface area contributed by atoms with Gasteiger partial charge in [0, 0.05) is 61.1 Å². The number of nitrogens with two attached hydrogens (primary N) is 3. The molecule has 0 aliphatic carbocycles. The molecule has 4 heterocycles. The molecule has 0 aliphatic heterocycles. The Kier molecular flexibility index (Phi) is 11.4. The predicted molar refractivity (Wildman–Crippen MR) is 157 cm³/mol. The average Bonchev–Trinajstić information content (AvgIpc) is 3.20. The summed E-state index contributed by atoms with van der Waals surface area (Å²) in [6, 6.07) is 2.40. The van der Waals surface area contributed by atoms with Crippen molar-refractivity contribution in [1.29, 1.82) is 0 Å². The van der Waals surface area contributed by atoms with Crippen LogP contribution in [0.5, 0.6) is 0 Å². The Morgan fingerprint density at radius 1 is 0.780 bits per heavy atom. The minimum Gasteiger partial charge on any atom is -0.387 e. The van der Waals surface area contributed by atoms with Gasteiger partial charge in [-0.05, 0) is 69.2 Å². The fraction of sp³-hybridized carbons (Fsp3) is 0.500. The molecule has 0 bridgehead atoms. The first-order valence-corrected chi connectivity index (χ1v) is 12.5. The molecule has 0 saturated heterocycles. The normalized spacial score (nSPS) is 11.6. The van der Waals surface area contributed by atoms with Gasteiger partial charge in [0.1, 0.15) is 11.3 Å². The van der Waals surface area contributed by atoms with E-state index in [4.69, 9.17) is 17.2 Å². The van der Waals surface area contributed by atoms with Crippen LogP contribution in [0.1, 0.15) is 67.9 Å². The van der Waals surface area contributed by atoms with Crippen molar-refractivity contribution >= 4 is 28.7 Å². The number of aromatic amines is 1. The third kappa shape index (κ3) is 9.32. The molecule has 7 N–H and O–H groups in total. The predicted octanol–water partition coefficient (Wildman–Crippen LogP) is 1.72. The van der Waals surface area contributed by atoms with E-state index in [-0.39, 0.29) is 61.0 Å². The van der Waals surface area contributed by atoms with Crippen molar-refractivity contribution in [3.8, 4) is 0 Å². The summed E-state index contributed by atoms with van der Waals surface area (Å²) in [5, 5.41) is 0. The van der Waals surface area contributed by atoms with Gasteiger partial charge in [-0.3, -0.25) is 4.57 Å². The zero-order valence-electron chi connectivity index (χ0n) is 25.4. The van der Waals surface area contributed by atoms with Gasteiger partial charge >= 0.3 is 11.4 Å². The molecule has 0 amide bonds. The average molecular weight is 644 g/mol. The van der Waals surface area contributed by atoms with E-state index in [1.54, 1.807) is 17.1 Å². The third-order valence-corrected chi connectivity index (χ3v) is 5.52. The van der Waals surface area contributed by atoms with Gasteiger partial charge in [-0.1, -0.05) is 0 Å². The molecule has 4 rings (SSSR count).